The third-order valence-corrected chi connectivity index (χ3v) is 4.32. The van der Waals surface area contributed by atoms with Crippen molar-refractivity contribution in [1.29, 1.82) is 0 Å². The van der Waals surface area contributed by atoms with Crippen LogP contribution < -0.4 is 5.32 Å². The van der Waals surface area contributed by atoms with Crippen LogP contribution >= 0.6 is 23.2 Å². The third kappa shape index (κ3) is 4.09. The number of carbonyl (C=O) groups is 1. The van der Waals surface area contributed by atoms with Gasteiger partial charge >= 0.3 is 0 Å². The molecular weight excluding hydrogens is 392 g/mol. The van der Waals surface area contributed by atoms with E-state index in [9.17, 15) is 9.18 Å². The summed E-state index contributed by atoms with van der Waals surface area (Å²) in [6.07, 6.45) is 3.13. The molecule has 0 saturated carbocycles. The van der Waals surface area contributed by atoms with Crippen molar-refractivity contribution in [3.8, 4) is 5.95 Å². The van der Waals surface area contributed by atoms with Gasteiger partial charge in [0.05, 0.1) is 21.3 Å². The van der Waals surface area contributed by atoms with E-state index in [-0.39, 0.29) is 27.0 Å². The van der Waals surface area contributed by atoms with E-state index in [1.807, 2.05) is 20.8 Å². The largest absolute Gasteiger partial charge is 0.306 e. The van der Waals surface area contributed by atoms with Crippen LogP contribution in [0.3, 0.4) is 0 Å². The summed E-state index contributed by atoms with van der Waals surface area (Å²) >= 11 is 11.7. The second-order valence-electron chi connectivity index (χ2n) is 6.83. The minimum absolute atomic E-state index is 0.0389. The Morgan fingerprint density at radius 1 is 1.11 bits per heavy atom. The van der Waals surface area contributed by atoms with Crippen LogP contribution in [0.5, 0.6) is 0 Å². The Labute approximate surface area is 165 Å². The lowest BCUT2D eigenvalue weighted by Crippen LogP contribution is -2.17. The lowest BCUT2D eigenvalue weighted by atomic mass is 9.92. The van der Waals surface area contributed by atoms with Gasteiger partial charge in [-0.05, 0) is 18.2 Å². The highest BCUT2D eigenvalue weighted by Crippen LogP contribution is 2.28. The zero-order valence-corrected chi connectivity index (χ0v) is 16.3. The quantitative estimate of drug-likeness (QED) is 0.640. The van der Waals surface area contributed by atoms with Crippen LogP contribution in [0.15, 0.2) is 36.7 Å². The van der Waals surface area contributed by atoms with Crippen LogP contribution in [0.1, 0.15) is 36.8 Å². The summed E-state index contributed by atoms with van der Waals surface area (Å²) in [5.74, 6) is -0.714. The van der Waals surface area contributed by atoms with Crippen LogP contribution in [0.2, 0.25) is 10.0 Å². The maximum Gasteiger partial charge on any atom is 0.258 e. The number of carbonyl (C=O) groups excluding carboxylic acids is 1. The smallest absolute Gasteiger partial charge is 0.258 e. The van der Waals surface area contributed by atoms with Crippen LogP contribution in [0, 0.1) is 5.82 Å². The topological polar surface area (TPSA) is 72.7 Å². The van der Waals surface area contributed by atoms with Crippen molar-refractivity contribution < 1.29 is 9.18 Å². The second kappa shape index (κ2) is 7.25. The summed E-state index contributed by atoms with van der Waals surface area (Å²) in [6, 6.07) is 5.57. The Hall–Kier alpha value is -2.51. The molecule has 1 amide bonds. The van der Waals surface area contributed by atoms with E-state index in [1.165, 1.54) is 10.7 Å². The highest BCUT2D eigenvalue weighted by Gasteiger charge is 2.23. The highest BCUT2D eigenvalue weighted by atomic mass is 35.5. The van der Waals surface area contributed by atoms with Gasteiger partial charge < -0.3 is 5.32 Å². The number of amides is 1. The van der Waals surface area contributed by atoms with Crippen molar-refractivity contribution in [3.05, 3.63) is 63.8 Å². The molecule has 1 N–H and O–H groups in total. The first-order chi connectivity index (χ1) is 12.7. The summed E-state index contributed by atoms with van der Waals surface area (Å²) in [5, 5.41) is 7.07. The molecule has 0 spiro atoms. The summed E-state index contributed by atoms with van der Waals surface area (Å²) < 4.78 is 15.2. The fourth-order valence-electron chi connectivity index (χ4n) is 2.27. The molecular formula is C18H16Cl2FN5O. The summed E-state index contributed by atoms with van der Waals surface area (Å²) in [5.41, 5.74) is 0.403. The molecule has 3 rings (SSSR count). The number of hydrogen-bond acceptors (Lipinski definition) is 4. The second-order valence-corrected chi connectivity index (χ2v) is 7.64. The number of nitrogens with one attached hydrogen (secondary N) is 1. The Bertz CT molecular complexity index is 999. The normalized spacial score (nSPS) is 11.5. The Morgan fingerprint density at radius 2 is 1.78 bits per heavy atom. The lowest BCUT2D eigenvalue weighted by Gasteiger charge is -2.13. The number of rotatable bonds is 3. The van der Waals surface area contributed by atoms with Gasteiger partial charge in [-0.15, -0.1) is 0 Å². The number of aromatic nitrogens is 4. The molecule has 0 aliphatic rings. The fourth-order valence-corrected chi connectivity index (χ4v) is 2.74. The first-order valence-electron chi connectivity index (χ1n) is 8.00. The van der Waals surface area contributed by atoms with Gasteiger partial charge in [0.25, 0.3) is 11.9 Å². The number of nitrogens with zero attached hydrogens (tertiary/aromatic N) is 4. The molecule has 0 aliphatic carbocycles. The Kier molecular flexibility index (Phi) is 5.17. The van der Waals surface area contributed by atoms with E-state index >= 15 is 0 Å². The molecule has 3 aromatic rings. The first kappa shape index (κ1) is 19.3. The van der Waals surface area contributed by atoms with Gasteiger partial charge in [0.2, 0.25) is 0 Å². The van der Waals surface area contributed by atoms with Crippen LogP contribution in [0.25, 0.3) is 5.95 Å². The molecule has 9 heteroatoms. The monoisotopic (exact) mass is 407 g/mol. The van der Waals surface area contributed by atoms with Crippen molar-refractivity contribution in [3.63, 3.8) is 0 Å². The van der Waals surface area contributed by atoms with Crippen molar-refractivity contribution in [2.45, 2.75) is 26.2 Å². The highest BCUT2D eigenvalue weighted by molar-refractivity contribution is 6.37. The standard InChI is InChI=1S/C18H16Cl2FN5O/c1-18(2,3)14-9-15(26(25-14)17-22-5-4-6-23-17)24-16(27)10-7-13(21)12(20)8-11(10)19/h4-9H,1-3H3,(H,24,27). The molecule has 0 radical (unpaired) electrons. The number of hydrogen-bond donors (Lipinski definition) is 1. The Morgan fingerprint density at radius 3 is 2.41 bits per heavy atom. The minimum atomic E-state index is -0.735. The molecule has 0 aliphatic heterocycles. The molecule has 0 bridgehead atoms. The first-order valence-corrected chi connectivity index (χ1v) is 8.76. The molecule has 27 heavy (non-hydrogen) atoms. The Balaban J connectivity index is 2.02. The SMILES string of the molecule is CC(C)(C)c1cc(NC(=O)c2cc(F)c(Cl)cc2Cl)n(-c2ncccn2)n1. The van der Waals surface area contributed by atoms with Crippen LogP contribution in [0.4, 0.5) is 10.2 Å². The van der Waals surface area contributed by atoms with Crippen molar-refractivity contribution in [2.75, 3.05) is 5.32 Å². The molecule has 6 nitrogen and oxygen atoms in total. The molecule has 2 heterocycles. The van der Waals surface area contributed by atoms with Gasteiger partial charge in [-0.3, -0.25) is 4.79 Å². The zero-order chi connectivity index (χ0) is 19.8. The van der Waals surface area contributed by atoms with E-state index in [2.05, 4.69) is 20.4 Å². The number of halogens is 3. The lowest BCUT2D eigenvalue weighted by molar-refractivity contribution is 0.102. The van der Waals surface area contributed by atoms with Crippen molar-refractivity contribution in [2.24, 2.45) is 0 Å². The van der Waals surface area contributed by atoms with Crippen molar-refractivity contribution in [1.82, 2.24) is 19.7 Å². The van der Waals surface area contributed by atoms with Gasteiger partial charge in [-0.1, -0.05) is 44.0 Å². The van der Waals surface area contributed by atoms with E-state index in [0.29, 0.717) is 5.82 Å². The van der Waals surface area contributed by atoms with Gasteiger partial charge in [0.1, 0.15) is 11.6 Å². The van der Waals surface area contributed by atoms with Gasteiger partial charge in [0.15, 0.2) is 0 Å². The van der Waals surface area contributed by atoms with Gasteiger partial charge in [-0.25, -0.2) is 14.4 Å². The molecule has 0 unspecified atom stereocenters. The average molecular weight is 408 g/mol. The number of anilines is 1. The molecule has 0 atom stereocenters. The summed E-state index contributed by atoms with van der Waals surface area (Å²) in [6.45, 7) is 5.97. The molecule has 0 saturated heterocycles. The van der Waals surface area contributed by atoms with E-state index in [0.717, 1.165) is 11.8 Å². The van der Waals surface area contributed by atoms with Gasteiger partial charge in [0, 0.05) is 23.9 Å². The van der Waals surface area contributed by atoms with Crippen molar-refractivity contribution >= 4 is 34.9 Å². The van der Waals surface area contributed by atoms with Crippen LogP contribution in [-0.2, 0) is 5.41 Å². The molecule has 1 aromatic carbocycles. The maximum atomic E-state index is 13.8. The molecule has 0 fully saturated rings. The minimum Gasteiger partial charge on any atom is -0.306 e. The van der Waals surface area contributed by atoms with Gasteiger partial charge in [-0.2, -0.15) is 9.78 Å². The molecule has 140 valence electrons. The fraction of sp³-hybridized carbons (Fsp3) is 0.222. The zero-order valence-electron chi connectivity index (χ0n) is 14.8. The maximum absolute atomic E-state index is 13.8. The summed E-state index contributed by atoms with van der Waals surface area (Å²) in [4.78, 5) is 21.0. The van der Waals surface area contributed by atoms with E-state index < -0.39 is 11.7 Å². The third-order valence-electron chi connectivity index (χ3n) is 3.72. The average Bonchev–Trinajstić information content (AvgIpc) is 3.03. The van der Waals surface area contributed by atoms with Crippen LogP contribution in [-0.4, -0.2) is 25.7 Å². The number of benzene rings is 1. The predicted molar refractivity (Wildman–Crippen MR) is 102 cm³/mol. The van der Waals surface area contributed by atoms with E-state index in [4.69, 9.17) is 23.2 Å². The summed E-state index contributed by atoms with van der Waals surface area (Å²) in [7, 11) is 0. The molecule has 2 aromatic heterocycles. The predicted octanol–water partition coefficient (Wildman–Crippen LogP) is 4.66. The van der Waals surface area contributed by atoms with E-state index in [1.54, 1.807) is 24.5 Å².